The molecule has 0 aliphatic carbocycles. The van der Waals surface area contributed by atoms with Gasteiger partial charge in [-0.05, 0) is 41.8 Å². The van der Waals surface area contributed by atoms with Crippen LogP contribution in [0.1, 0.15) is 28.3 Å². The van der Waals surface area contributed by atoms with E-state index < -0.39 is 41.7 Å². The minimum Gasteiger partial charge on any atom is -0.508 e. The summed E-state index contributed by atoms with van der Waals surface area (Å²) in [6.45, 7) is 1.72. The van der Waals surface area contributed by atoms with Crippen molar-refractivity contribution in [3.63, 3.8) is 0 Å². The van der Waals surface area contributed by atoms with Crippen molar-refractivity contribution in [1.82, 2.24) is 5.32 Å². The maximum atomic E-state index is 13.3. The molecule has 8 N–H and O–H groups in total. The number of nitrogens with one attached hydrogen (secondary N) is 1. The molecule has 0 radical (unpaired) electrons. The highest BCUT2D eigenvalue weighted by Gasteiger charge is 2.32. The van der Waals surface area contributed by atoms with E-state index in [-0.39, 0.29) is 18.6 Å². The summed E-state index contributed by atoms with van der Waals surface area (Å²) in [5.74, 6) is -2.05. The SMILES string of the molecule is Cc1cc(CC(NC(=O)C([NH2+]C(=O)C(N)Cc2ccc(F)cc2)c2ccccc2)C(N)=O)ccc1O. The number of nitrogens with two attached hydrogens (primary N) is 3. The second-order valence-electron chi connectivity index (χ2n) is 8.68. The summed E-state index contributed by atoms with van der Waals surface area (Å²) in [7, 11) is 0. The number of primary amides is 2. The van der Waals surface area contributed by atoms with Crippen LogP contribution in [0.25, 0.3) is 0 Å². The fourth-order valence-corrected chi connectivity index (χ4v) is 3.81. The van der Waals surface area contributed by atoms with E-state index in [0.717, 1.165) is 0 Å². The van der Waals surface area contributed by atoms with Crippen LogP contribution in [0.15, 0.2) is 72.8 Å². The third-order valence-corrected chi connectivity index (χ3v) is 5.87. The van der Waals surface area contributed by atoms with Crippen molar-refractivity contribution in [2.24, 2.45) is 11.5 Å². The summed E-state index contributed by atoms with van der Waals surface area (Å²) in [5.41, 5.74) is 14.2. The number of hydrogen-bond acceptors (Lipinski definition) is 5. The Labute approximate surface area is 208 Å². The van der Waals surface area contributed by atoms with Gasteiger partial charge in [-0.1, -0.05) is 54.6 Å². The average molecular weight is 494 g/mol. The number of benzene rings is 3. The number of amides is 3. The Morgan fingerprint density at radius 1 is 0.972 bits per heavy atom. The largest absolute Gasteiger partial charge is 0.508 e. The normalized spacial score (nSPS) is 13.4. The van der Waals surface area contributed by atoms with Crippen LogP contribution in [-0.2, 0) is 27.2 Å². The molecule has 8 nitrogen and oxygen atoms in total. The molecule has 3 amide bonds. The molecule has 3 unspecified atom stereocenters. The molecule has 3 rings (SSSR count). The zero-order chi connectivity index (χ0) is 26.2. The molecule has 3 atom stereocenters. The first-order chi connectivity index (χ1) is 17.1. The number of aryl methyl sites for hydroxylation is 1. The lowest BCUT2D eigenvalue weighted by Gasteiger charge is -2.21. The fraction of sp³-hybridized carbons (Fsp3) is 0.222. The van der Waals surface area contributed by atoms with Gasteiger partial charge in [-0.2, -0.15) is 0 Å². The average Bonchev–Trinajstić information content (AvgIpc) is 2.85. The van der Waals surface area contributed by atoms with Crippen LogP contribution in [-0.4, -0.2) is 34.9 Å². The van der Waals surface area contributed by atoms with Gasteiger partial charge in [-0.25, -0.2) is 9.18 Å². The lowest BCUT2D eigenvalue weighted by Crippen LogP contribution is -2.94. The zero-order valence-corrected chi connectivity index (χ0v) is 19.9. The van der Waals surface area contributed by atoms with Crippen molar-refractivity contribution < 1.29 is 29.2 Å². The van der Waals surface area contributed by atoms with Crippen LogP contribution in [0.2, 0.25) is 0 Å². The molecule has 0 fully saturated rings. The molecule has 0 aliphatic rings. The molecular weight excluding hydrogens is 463 g/mol. The third kappa shape index (κ3) is 7.21. The molecule has 0 saturated carbocycles. The van der Waals surface area contributed by atoms with Gasteiger partial charge in [0.15, 0.2) is 6.04 Å². The smallest absolute Gasteiger partial charge is 0.328 e. The van der Waals surface area contributed by atoms with Crippen molar-refractivity contribution in [3.8, 4) is 5.75 Å². The zero-order valence-electron chi connectivity index (χ0n) is 19.9. The molecular formula is C27H30FN4O4+. The van der Waals surface area contributed by atoms with Crippen molar-refractivity contribution in [3.05, 3.63) is 101 Å². The molecule has 0 spiro atoms. The van der Waals surface area contributed by atoms with Gasteiger partial charge in [0.2, 0.25) is 5.91 Å². The first-order valence-corrected chi connectivity index (χ1v) is 11.5. The van der Waals surface area contributed by atoms with Gasteiger partial charge in [0.05, 0.1) is 0 Å². The lowest BCUT2D eigenvalue weighted by molar-refractivity contribution is -0.599. The fourth-order valence-electron chi connectivity index (χ4n) is 3.81. The Kier molecular flexibility index (Phi) is 8.88. The standard InChI is InChI=1S/C27H29FN4O4/c1-16-13-18(9-12-23(16)33)15-22(25(30)34)31-27(36)24(19-5-3-2-4-6-19)32-26(35)21(29)14-17-7-10-20(28)11-8-17/h2-13,21-22,24,33H,14-15,29H2,1H3,(H2,30,34)(H,31,36)(H,32,35)/p+1. The topological polar surface area (TPSA) is 152 Å². The summed E-state index contributed by atoms with van der Waals surface area (Å²) >= 11 is 0. The predicted octanol–water partition coefficient (Wildman–Crippen LogP) is 0.754. The Bertz CT molecular complexity index is 1220. The van der Waals surface area contributed by atoms with Crippen molar-refractivity contribution in [2.75, 3.05) is 0 Å². The van der Waals surface area contributed by atoms with E-state index in [1.807, 2.05) is 0 Å². The Balaban J connectivity index is 1.76. The van der Waals surface area contributed by atoms with E-state index in [1.165, 1.54) is 23.5 Å². The quantitative estimate of drug-likeness (QED) is 0.282. The minimum absolute atomic E-state index is 0.113. The summed E-state index contributed by atoms with van der Waals surface area (Å²) in [5, 5.41) is 13.6. The van der Waals surface area contributed by atoms with Gasteiger partial charge in [0.25, 0.3) is 5.91 Å². The second kappa shape index (κ2) is 12.1. The Morgan fingerprint density at radius 3 is 2.22 bits per heavy atom. The first kappa shape index (κ1) is 26.5. The summed E-state index contributed by atoms with van der Waals surface area (Å²) in [6, 6.07) is 16.2. The molecule has 0 aromatic heterocycles. The van der Waals surface area contributed by atoms with Crippen LogP contribution < -0.4 is 22.1 Å². The lowest BCUT2D eigenvalue weighted by atomic mass is 10.0. The highest BCUT2D eigenvalue weighted by Crippen LogP contribution is 2.18. The predicted molar refractivity (Wildman–Crippen MR) is 132 cm³/mol. The van der Waals surface area contributed by atoms with Gasteiger partial charge in [-0.15, -0.1) is 0 Å². The number of phenolic OH excluding ortho intramolecular Hbond substituents is 1. The number of aromatic hydroxyl groups is 1. The van der Waals surface area contributed by atoms with Crippen LogP contribution in [0.3, 0.4) is 0 Å². The highest BCUT2D eigenvalue weighted by atomic mass is 19.1. The number of phenols is 1. The molecule has 0 bridgehead atoms. The van der Waals surface area contributed by atoms with E-state index in [2.05, 4.69) is 5.32 Å². The number of carbonyl (C=O) groups is 3. The second-order valence-corrected chi connectivity index (χ2v) is 8.68. The Hall–Kier alpha value is -4.08. The maximum Gasteiger partial charge on any atom is 0.328 e. The molecule has 188 valence electrons. The molecule has 3 aromatic carbocycles. The third-order valence-electron chi connectivity index (χ3n) is 5.87. The van der Waals surface area contributed by atoms with E-state index in [9.17, 15) is 23.9 Å². The monoisotopic (exact) mass is 493 g/mol. The summed E-state index contributed by atoms with van der Waals surface area (Å²) in [6.07, 6.45) is 0.282. The van der Waals surface area contributed by atoms with Gasteiger partial charge in [-0.3, -0.25) is 14.9 Å². The molecule has 0 aliphatic heterocycles. The summed E-state index contributed by atoms with van der Waals surface area (Å²) < 4.78 is 13.2. The minimum atomic E-state index is -1.04. The number of hydrogen-bond donors (Lipinski definition) is 5. The highest BCUT2D eigenvalue weighted by molar-refractivity contribution is 5.90. The maximum absolute atomic E-state index is 13.3. The van der Waals surface area contributed by atoms with E-state index in [4.69, 9.17) is 11.5 Å². The molecule has 3 aromatic rings. The van der Waals surface area contributed by atoms with E-state index in [1.54, 1.807) is 61.5 Å². The number of halogens is 1. The van der Waals surface area contributed by atoms with E-state index in [0.29, 0.717) is 22.3 Å². The molecule has 9 heteroatoms. The van der Waals surface area contributed by atoms with Crippen LogP contribution >= 0.6 is 0 Å². The number of rotatable bonds is 10. The van der Waals surface area contributed by atoms with Crippen LogP contribution in [0.5, 0.6) is 5.75 Å². The van der Waals surface area contributed by atoms with Crippen LogP contribution in [0.4, 0.5) is 4.39 Å². The molecule has 0 saturated heterocycles. The van der Waals surface area contributed by atoms with Crippen molar-refractivity contribution in [2.45, 2.75) is 37.9 Å². The molecule has 0 heterocycles. The van der Waals surface area contributed by atoms with Crippen molar-refractivity contribution in [1.29, 1.82) is 0 Å². The van der Waals surface area contributed by atoms with Crippen LogP contribution in [0, 0.1) is 12.7 Å². The van der Waals surface area contributed by atoms with Gasteiger partial charge >= 0.3 is 5.91 Å². The number of carbonyl (C=O) groups excluding carboxylic acids is 3. The van der Waals surface area contributed by atoms with E-state index >= 15 is 0 Å². The summed E-state index contributed by atoms with van der Waals surface area (Å²) in [4.78, 5) is 38.4. The van der Waals surface area contributed by atoms with Gasteiger partial charge in [0, 0.05) is 18.4 Å². The molecule has 36 heavy (non-hydrogen) atoms. The van der Waals surface area contributed by atoms with Gasteiger partial charge < -0.3 is 21.9 Å². The van der Waals surface area contributed by atoms with Crippen molar-refractivity contribution >= 4 is 17.7 Å². The Morgan fingerprint density at radius 2 is 1.61 bits per heavy atom. The number of quaternary nitrogens is 1. The van der Waals surface area contributed by atoms with Gasteiger partial charge in [0.1, 0.15) is 23.7 Å². The first-order valence-electron chi connectivity index (χ1n) is 11.5.